The van der Waals surface area contributed by atoms with Crippen molar-refractivity contribution in [1.29, 1.82) is 5.26 Å². The molecule has 0 bridgehead atoms. The summed E-state index contributed by atoms with van der Waals surface area (Å²) in [4.78, 5) is 24.4. The number of nitrogens with zero attached hydrogens (tertiary/aromatic N) is 1. The first-order valence-corrected chi connectivity index (χ1v) is 12.8. The lowest BCUT2D eigenvalue weighted by Crippen LogP contribution is -2.42. The van der Waals surface area contributed by atoms with Crippen molar-refractivity contribution in [2.45, 2.75) is 17.2 Å². The lowest BCUT2D eigenvalue weighted by Gasteiger charge is -2.10. The summed E-state index contributed by atoms with van der Waals surface area (Å²) in [5, 5.41) is 8.81. The van der Waals surface area contributed by atoms with E-state index in [9.17, 15) is 18.0 Å². The summed E-state index contributed by atoms with van der Waals surface area (Å²) in [7, 11) is -3.83. The molecule has 0 aliphatic carbocycles. The van der Waals surface area contributed by atoms with Gasteiger partial charge in [-0.2, -0.15) is 5.26 Å². The van der Waals surface area contributed by atoms with Crippen LogP contribution in [0.2, 0.25) is 0 Å². The number of nitrogens with one attached hydrogen (secondary N) is 3. The van der Waals surface area contributed by atoms with E-state index in [2.05, 4.69) is 15.6 Å². The van der Waals surface area contributed by atoms with Crippen molar-refractivity contribution in [1.82, 2.24) is 15.6 Å². The van der Waals surface area contributed by atoms with E-state index in [0.717, 1.165) is 11.1 Å². The van der Waals surface area contributed by atoms with Crippen LogP contribution in [0.4, 0.5) is 0 Å². The summed E-state index contributed by atoms with van der Waals surface area (Å²) in [5.41, 5.74) is 7.05. The Morgan fingerprint density at radius 2 is 1.62 bits per heavy atom. The third kappa shape index (κ3) is 7.45. The van der Waals surface area contributed by atoms with Crippen molar-refractivity contribution >= 4 is 33.6 Å². The zero-order valence-corrected chi connectivity index (χ0v) is 19.7. The van der Waals surface area contributed by atoms with Gasteiger partial charge in [0.25, 0.3) is 5.91 Å². The van der Waals surface area contributed by atoms with Gasteiger partial charge >= 0.3 is 0 Å². The first-order valence-electron chi connectivity index (χ1n) is 10.2. The molecule has 0 aliphatic rings. The van der Waals surface area contributed by atoms with Crippen LogP contribution in [0.1, 0.15) is 27.0 Å². The van der Waals surface area contributed by atoms with Crippen LogP contribution in [0.25, 0.3) is 0 Å². The summed E-state index contributed by atoms with van der Waals surface area (Å²) in [6.07, 6.45) is 0. The lowest BCUT2D eigenvalue weighted by atomic mass is 10.2. The van der Waals surface area contributed by atoms with Gasteiger partial charge in [0, 0.05) is 17.9 Å². The van der Waals surface area contributed by atoms with Gasteiger partial charge in [-0.25, -0.2) is 13.1 Å². The van der Waals surface area contributed by atoms with Crippen molar-refractivity contribution in [2.75, 3.05) is 5.75 Å². The smallest absolute Gasteiger partial charge is 0.269 e. The number of sulfonamides is 1. The highest BCUT2D eigenvalue weighted by Gasteiger charge is 2.16. The van der Waals surface area contributed by atoms with E-state index in [1.165, 1.54) is 36.0 Å². The summed E-state index contributed by atoms with van der Waals surface area (Å²) < 4.78 is 27.7. The number of hydrazine groups is 1. The molecule has 8 nitrogen and oxygen atoms in total. The largest absolute Gasteiger partial charge is 0.272 e. The molecule has 34 heavy (non-hydrogen) atoms. The highest BCUT2D eigenvalue weighted by Crippen LogP contribution is 2.14. The van der Waals surface area contributed by atoms with Gasteiger partial charge in [0.05, 0.1) is 22.3 Å². The van der Waals surface area contributed by atoms with E-state index in [-0.39, 0.29) is 22.8 Å². The number of carbonyl (C=O) groups is 2. The van der Waals surface area contributed by atoms with Crippen LogP contribution in [-0.2, 0) is 27.1 Å². The Balaban J connectivity index is 1.48. The lowest BCUT2D eigenvalue weighted by molar-refractivity contribution is -0.119. The number of benzene rings is 3. The fourth-order valence-corrected chi connectivity index (χ4v) is 4.68. The fraction of sp³-hybridized carbons (Fsp3) is 0.125. The third-order valence-corrected chi connectivity index (χ3v) is 7.02. The molecule has 0 aromatic heterocycles. The number of amides is 2. The van der Waals surface area contributed by atoms with Crippen molar-refractivity contribution in [3.05, 3.63) is 101 Å². The molecule has 0 saturated carbocycles. The van der Waals surface area contributed by atoms with Crippen molar-refractivity contribution in [2.24, 2.45) is 0 Å². The van der Waals surface area contributed by atoms with Crippen LogP contribution < -0.4 is 15.6 Å². The maximum Gasteiger partial charge on any atom is 0.269 e. The second-order valence-corrected chi connectivity index (χ2v) is 9.89. The quantitative estimate of drug-likeness (QED) is 0.393. The van der Waals surface area contributed by atoms with Gasteiger partial charge in [0.1, 0.15) is 0 Å². The van der Waals surface area contributed by atoms with Crippen molar-refractivity contribution in [3.8, 4) is 6.07 Å². The van der Waals surface area contributed by atoms with Crippen molar-refractivity contribution in [3.63, 3.8) is 0 Å². The summed E-state index contributed by atoms with van der Waals surface area (Å²) in [6, 6.07) is 23.7. The zero-order chi connectivity index (χ0) is 24.4. The predicted octanol–water partition coefficient (Wildman–Crippen LogP) is 2.73. The first kappa shape index (κ1) is 25.0. The Morgan fingerprint density at radius 3 is 2.32 bits per heavy atom. The number of carbonyl (C=O) groups excluding carboxylic acids is 2. The molecule has 0 aliphatic heterocycles. The molecule has 0 fully saturated rings. The molecule has 0 atom stereocenters. The Labute approximate surface area is 202 Å². The molecule has 3 rings (SSSR count). The van der Waals surface area contributed by atoms with Crippen LogP contribution in [0, 0.1) is 11.3 Å². The number of rotatable bonds is 9. The Bertz CT molecular complexity index is 1290. The van der Waals surface area contributed by atoms with Gasteiger partial charge in [-0.1, -0.05) is 48.5 Å². The van der Waals surface area contributed by atoms with Gasteiger partial charge in [0.15, 0.2) is 0 Å². The Kier molecular flexibility index (Phi) is 8.81. The average Bonchev–Trinajstić information content (AvgIpc) is 2.87. The van der Waals surface area contributed by atoms with Crippen LogP contribution in [-0.4, -0.2) is 26.0 Å². The van der Waals surface area contributed by atoms with Crippen LogP contribution in [0.3, 0.4) is 0 Å². The SMILES string of the molecule is N#Cc1ccc(CSCC(=O)NNC(=O)c2cccc(S(=O)(=O)NCc3ccccc3)c2)cc1. The fourth-order valence-electron chi connectivity index (χ4n) is 2.83. The monoisotopic (exact) mass is 494 g/mol. The predicted molar refractivity (Wildman–Crippen MR) is 130 cm³/mol. The van der Waals surface area contributed by atoms with E-state index >= 15 is 0 Å². The number of hydrogen-bond donors (Lipinski definition) is 3. The van der Waals surface area contributed by atoms with Gasteiger partial charge < -0.3 is 0 Å². The van der Waals surface area contributed by atoms with Crippen molar-refractivity contribution < 1.29 is 18.0 Å². The molecule has 0 heterocycles. The van der Waals surface area contributed by atoms with Crippen LogP contribution >= 0.6 is 11.8 Å². The number of hydrogen-bond acceptors (Lipinski definition) is 6. The van der Waals surface area contributed by atoms with E-state index in [1.807, 2.05) is 36.4 Å². The van der Waals surface area contributed by atoms with E-state index in [4.69, 9.17) is 5.26 Å². The highest BCUT2D eigenvalue weighted by molar-refractivity contribution is 7.99. The second-order valence-electron chi connectivity index (χ2n) is 7.14. The van der Waals surface area contributed by atoms with Crippen LogP contribution in [0.15, 0.2) is 83.8 Å². The molecular weight excluding hydrogens is 472 g/mol. The van der Waals surface area contributed by atoms with Crippen LogP contribution in [0.5, 0.6) is 0 Å². The molecule has 3 aromatic rings. The minimum absolute atomic E-state index is 0.0552. The molecule has 10 heteroatoms. The van der Waals surface area contributed by atoms with Gasteiger partial charge in [-0.15, -0.1) is 11.8 Å². The highest BCUT2D eigenvalue weighted by atomic mass is 32.2. The molecule has 0 radical (unpaired) electrons. The minimum Gasteiger partial charge on any atom is -0.272 e. The molecule has 0 saturated heterocycles. The average molecular weight is 495 g/mol. The topological polar surface area (TPSA) is 128 Å². The molecule has 2 amide bonds. The second kappa shape index (κ2) is 12.0. The minimum atomic E-state index is -3.83. The first-order chi connectivity index (χ1) is 16.4. The summed E-state index contributed by atoms with van der Waals surface area (Å²) in [5.74, 6) is -0.355. The molecule has 0 unspecified atom stereocenters. The Morgan fingerprint density at radius 1 is 0.882 bits per heavy atom. The molecule has 0 spiro atoms. The normalized spacial score (nSPS) is 10.8. The maximum absolute atomic E-state index is 12.6. The third-order valence-electron chi connectivity index (χ3n) is 4.62. The standard InChI is InChI=1S/C24H22N4O4S2/c25-14-18-9-11-20(12-10-18)16-33-17-23(29)27-28-24(30)21-7-4-8-22(13-21)34(31,32)26-15-19-5-2-1-3-6-19/h1-13,26H,15-17H2,(H,27,29)(H,28,30). The molecule has 3 aromatic carbocycles. The maximum atomic E-state index is 12.6. The molecule has 3 N–H and O–H groups in total. The number of thioether (sulfide) groups is 1. The van der Waals surface area contributed by atoms with E-state index in [1.54, 1.807) is 24.3 Å². The van der Waals surface area contributed by atoms with Gasteiger partial charge in [-0.3, -0.25) is 20.4 Å². The molecular formula is C24H22N4O4S2. The molecule has 174 valence electrons. The van der Waals surface area contributed by atoms with E-state index in [0.29, 0.717) is 11.3 Å². The van der Waals surface area contributed by atoms with Gasteiger partial charge in [-0.05, 0) is 41.5 Å². The number of nitriles is 1. The zero-order valence-electron chi connectivity index (χ0n) is 18.0. The summed E-state index contributed by atoms with van der Waals surface area (Å²) in [6.45, 7) is 0.121. The van der Waals surface area contributed by atoms with E-state index < -0.39 is 21.8 Å². The summed E-state index contributed by atoms with van der Waals surface area (Å²) >= 11 is 1.35. The Hall–Kier alpha value is -3.65. The van der Waals surface area contributed by atoms with Gasteiger partial charge in [0.2, 0.25) is 15.9 Å².